The minimum absolute atomic E-state index is 0.807. The molecule has 0 saturated carbocycles. The van der Waals surface area contributed by atoms with E-state index in [9.17, 15) is 0 Å². The van der Waals surface area contributed by atoms with Crippen molar-refractivity contribution >= 4 is 17.3 Å². The van der Waals surface area contributed by atoms with Crippen LogP contribution in [-0.2, 0) is 0 Å². The molecule has 2 nitrogen and oxygen atoms in total. The summed E-state index contributed by atoms with van der Waals surface area (Å²) in [6, 6.07) is 8.07. The first-order valence-electron chi connectivity index (χ1n) is 5.73. The second-order valence-corrected chi connectivity index (χ2v) is 5.51. The Kier molecular flexibility index (Phi) is 4.63. The van der Waals surface area contributed by atoms with Crippen molar-refractivity contribution in [2.45, 2.75) is 6.92 Å². The number of halogens is 1. The van der Waals surface area contributed by atoms with Gasteiger partial charge in [0.05, 0.1) is 34.2 Å². The molecule has 0 aromatic heterocycles. The Morgan fingerprint density at radius 1 is 1.25 bits per heavy atom. The Morgan fingerprint density at radius 2 is 1.94 bits per heavy atom. The van der Waals surface area contributed by atoms with Crippen LogP contribution in [-0.4, -0.2) is 45.3 Å². The third-order valence-corrected chi connectivity index (χ3v) is 2.83. The SMILES string of the molecule is CCN(CC[N+](C)(C)C)c1cccc(Cl)c1. The van der Waals surface area contributed by atoms with Gasteiger partial charge in [0, 0.05) is 17.3 Å². The van der Waals surface area contributed by atoms with E-state index in [1.54, 1.807) is 0 Å². The Labute approximate surface area is 104 Å². The molecule has 1 rings (SSSR count). The number of rotatable bonds is 5. The molecule has 0 aliphatic carbocycles. The van der Waals surface area contributed by atoms with E-state index in [-0.39, 0.29) is 0 Å². The molecule has 0 bridgehead atoms. The van der Waals surface area contributed by atoms with Crippen molar-refractivity contribution in [2.24, 2.45) is 0 Å². The summed E-state index contributed by atoms with van der Waals surface area (Å²) in [5.41, 5.74) is 1.21. The van der Waals surface area contributed by atoms with E-state index in [1.165, 1.54) is 5.69 Å². The maximum Gasteiger partial charge on any atom is 0.0958 e. The summed E-state index contributed by atoms with van der Waals surface area (Å²) >= 11 is 6.01. The second kappa shape index (κ2) is 5.55. The van der Waals surface area contributed by atoms with Gasteiger partial charge in [-0.1, -0.05) is 17.7 Å². The highest BCUT2D eigenvalue weighted by atomic mass is 35.5. The summed E-state index contributed by atoms with van der Waals surface area (Å²) in [7, 11) is 6.64. The van der Waals surface area contributed by atoms with Crippen molar-refractivity contribution in [1.82, 2.24) is 0 Å². The lowest BCUT2D eigenvalue weighted by Gasteiger charge is -2.29. The van der Waals surface area contributed by atoms with Crippen molar-refractivity contribution in [3.05, 3.63) is 29.3 Å². The molecule has 0 atom stereocenters. The van der Waals surface area contributed by atoms with Gasteiger partial charge in [0.15, 0.2) is 0 Å². The number of hydrogen-bond acceptors (Lipinski definition) is 1. The summed E-state index contributed by atoms with van der Waals surface area (Å²) in [4.78, 5) is 2.36. The molecule has 0 heterocycles. The van der Waals surface area contributed by atoms with Gasteiger partial charge in [-0.2, -0.15) is 0 Å². The van der Waals surface area contributed by atoms with Crippen LogP contribution in [0.1, 0.15) is 6.92 Å². The normalized spacial score (nSPS) is 11.6. The van der Waals surface area contributed by atoms with Crippen LogP contribution in [0.2, 0.25) is 5.02 Å². The first-order chi connectivity index (χ1) is 7.42. The van der Waals surface area contributed by atoms with Gasteiger partial charge in [0.25, 0.3) is 0 Å². The van der Waals surface area contributed by atoms with Crippen LogP contribution in [0.15, 0.2) is 24.3 Å². The molecule has 16 heavy (non-hydrogen) atoms. The quantitative estimate of drug-likeness (QED) is 0.717. The van der Waals surface area contributed by atoms with Crippen LogP contribution in [0.3, 0.4) is 0 Å². The Bertz CT molecular complexity index is 331. The van der Waals surface area contributed by atoms with E-state index >= 15 is 0 Å². The average Bonchev–Trinajstić information content (AvgIpc) is 2.17. The molecule has 1 aromatic carbocycles. The van der Waals surface area contributed by atoms with Crippen LogP contribution in [0.5, 0.6) is 0 Å². The maximum atomic E-state index is 6.01. The van der Waals surface area contributed by atoms with Crippen molar-refractivity contribution in [2.75, 3.05) is 45.7 Å². The topological polar surface area (TPSA) is 3.24 Å². The number of nitrogens with zero attached hydrogens (tertiary/aromatic N) is 2. The fraction of sp³-hybridized carbons (Fsp3) is 0.538. The standard InChI is InChI=1S/C13H22ClN2/c1-5-15(9-10-16(2,3)4)13-8-6-7-12(14)11-13/h6-8,11H,5,9-10H2,1-4H3/q+1. The van der Waals surface area contributed by atoms with E-state index < -0.39 is 0 Å². The van der Waals surface area contributed by atoms with Gasteiger partial charge in [0.2, 0.25) is 0 Å². The highest BCUT2D eigenvalue weighted by molar-refractivity contribution is 6.30. The van der Waals surface area contributed by atoms with Crippen LogP contribution < -0.4 is 4.90 Å². The number of benzene rings is 1. The minimum atomic E-state index is 0.807. The molecule has 0 N–H and O–H groups in total. The van der Waals surface area contributed by atoms with E-state index in [0.717, 1.165) is 29.1 Å². The molecule has 0 aliphatic rings. The smallest absolute Gasteiger partial charge is 0.0958 e. The molecule has 90 valence electrons. The second-order valence-electron chi connectivity index (χ2n) is 5.07. The number of quaternary nitrogens is 1. The summed E-state index contributed by atoms with van der Waals surface area (Å²) in [6.45, 7) is 5.37. The van der Waals surface area contributed by atoms with Crippen molar-refractivity contribution in [1.29, 1.82) is 0 Å². The zero-order valence-corrected chi connectivity index (χ0v) is 11.5. The third-order valence-electron chi connectivity index (χ3n) is 2.60. The molecule has 0 spiro atoms. The summed E-state index contributed by atoms with van der Waals surface area (Å²) in [5, 5.41) is 0.807. The number of hydrogen-bond donors (Lipinski definition) is 0. The van der Waals surface area contributed by atoms with E-state index in [2.05, 4.69) is 39.0 Å². The zero-order valence-electron chi connectivity index (χ0n) is 10.7. The lowest BCUT2D eigenvalue weighted by Crippen LogP contribution is -2.42. The third kappa shape index (κ3) is 4.42. The molecule has 3 heteroatoms. The average molecular weight is 242 g/mol. The summed E-state index contributed by atoms with van der Waals surface area (Å²) < 4.78 is 0.983. The zero-order chi connectivity index (χ0) is 12.2. The molecule has 0 amide bonds. The highest BCUT2D eigenvalue weighted by Crippen LogP contribution is 2.19. The molecule has 0 radical (unpaired) electrons. The van der Waals surface area contributed by atoms with Crippen molar-refractivity contribution in [3.8, 4) is 0 Å². The molecule has 1 aromatic rings. The van der Waals surface area contributed by atoms with Gasteiger partial charge in [-0.15, -0.1) is 0 Å². The van der Waals surface area contributed by atoms with Crippen LogP contribution >= 0.6 is 11.6 Å². The first kappa shape index (κ1) is 13.3. The Balaban J connectivity index is 2.68. The van der Waals surface area contributed by atoms with Gasteiger partial charge >= 0.3 is 0 Å². The van der Waals surface area contributed by atoms with Gasteiger partial charge in [-0.05, 0) is 25.1 Å². The van der Waals surface area contributed by atoms with Gasteiger partial charge < -0.3 is 9.38 Å². The number of likely N-dealkylation sites (N-methyl/N-ethyl adjacent to an activating group) is 2. The highest BCUT2D eigenvalue weighted by Gasteiger charge is 2.11. The molecular weight excluding hydrogens is 220 g/mol. The van der Waals surface area contributed by atoms with E-state index in [4.69, 9.17) is 11.6 Å². The van der Waals surface area contributed by atoms with Gasteiger partial charge in [-0.25, -0.2) is 0 Å². The lowest BCUT2D eigenvalue weighted by molar-refractivity contribution is -0.868. The largest absolute Gasteiger partial charge is 0.366 e. The molecule has 0 aliphatic heterocycles. The maximum absolute atomic E-state index is 6.01. The van der Waals surface area contributed by atoms with Crippen molar-refractivity contribution in [3.63, 3.8) is 0 Å². The van der Waals surface area contributed by atoms with E-state index in [0.29, 0.717) is 0 Å². The van der Waals surface area contributed by atoms with Crippen LogP contribution in [0.4, 0.5) is 5.69 Å². The van der Waals surface area contributed by atoms with Gasteiger partial charge in [-0.3, -0.25) is 0 Å². The molecule has 0 unspecified atom stereocenters. The van der Waals surface area contributed by atoms with Gasteiger partial charge in [0.1, 0.15) is 0 Å². The van der Waals surface area contributed by atoms with Crippen LogP contribution in [0.25, 0.3) is 0 Å². The Morgan fingerprint density at radius 3 is 2.44 bits per heavy atom. The molecular formula is C13H22ClN2+. The molecule has 0 fully saturated rings. The van der Waals surface area contributed by atoms with Crippen LogP contribution in [0, 0.1) is 0 Å². The fourth-order valence-corrected chi connectivity index (χ4v) is 1.75. The molecule has 0 saturated heterocycles. The number of anilines is 1. The lowest BCUT2D eigenvalue weighted by atomic mass is 10.3. The summed E-state index contributed by atoms with van der Waals surface area (Å²) in [5.74, 6) is 0. The predicted octanol–water partition coefficient (Wildman–Crippen LogP) is 2.87. The van der Waals surface area contributed by atoms with Crippen molar-refractivity contribution < 1.29 is 4.48 Å². The predicted molar refractivity (Wildman–Crippen MR) is 72.2 cm³/mol. The first-order valence-corrected chi connectivity index (χ1v) is 6.11. The van der Waals surface area contributed by atoms with E-state index in [1.807, 2.05) is 18.2 Å². The minimum Gasteiger partial charge on any atom is -0.366 e. The fourth-order valence-electron chi connectivity index (χ4n) is 1.56. The Hall–Kier alpha value is -0.730. The monoisotopic (exact) mass is 241 g/mol. The summed E-state index contributed by atoms with van der Waals surface area (Å²) in [6.07, 6.45) is 0.